The maximum absolute atomic E-state index is 9.83. The molecular weight excluding hydrogens is 228 g/mol. The van der Waals surface area contributed by atoms with Gasteiger partial charge < -0.3 is 14.6 Å². The second kappa shape index (κ2) is 5.56. The van der Waals surface area contributed by atoms with Crippen LogP contribution in [0.1, 0.15) is 18.6 Å². The molecule has 3 nitrogen and oxygen atoms in total. The highest BCUT2D eigenvalue weighted by Gasteiger charge is 2.15. The molecule has 0 fully saturated rings. The first-order valence-electron chi connectivity index (χ1n) is 5.80. The average Bonchev–Trinajstić information content (AvgIpc) is 2.39. The minimum Gasteiger partial charge on any atom is -0.496 e. The van der Waals surface area contributed by atoms with Crippen LogP contribution in [0.2, 0.25) is 0 Å². The van der Waals surface area contributed by atoms with Gasteiger partial charge in [0.25, 0.3) is 0 Å². The third-order valence-corrected chi connectivity index (χ3v) is 2.63. The zero-order valence-corrected chi connectivity index (χ0v) is 10.5. The van der Waals surface area contributed by atoms with E-state index in [-0.39, 0.29) is 0 Å². The molecule has 2 aromatic carbocycles. The van der Waals surface area contributed by atoms with Crippen molar-refractivity contribution < 1.29 is 14.6 Å². The van der Waals surface area contributed by atoms with Gasteiger partial charge in [-0.05, 0) is 31.2 Å². The normalized spacial score (nSPS) is 11.9. The van der Waals surface area contributed by atoms with E-state index >= 15 is 0 Å². The number of rotatable bonds is 4. The predicted molar refractivity (Wildman–Crippen MR) is 70.1 cm³/mol. The van der Waals surface area contributed by atoms with Gasteiger partial charge in [0.1, 0.15) is 17.2 Å². The van der Waals surface area contributed by atoms with Gasteiger partial charge in [-0.2, -0.15) is 0 Å². The van der Waals surface area contributed by atoms with E-state index in [9.17, 15) is 5.11 Å². The fourth-order valence-electron chi connectivity index (χ4n) is 1.82. The van der Waals surface area contributed by atoms with E-state index in [2.05, 4.69) is 0 Å². The van der Waals surface area contributed by atoms with Gasteiger partial charge in [0.15, 0.2) is 0 Å². The fraction of sp³-hybridized carbons (Fsp3) is 0.200. The predicted octanol–water partition coefficient (Wildman–Crippen LogP) is 3.54. The number of benzene rings is 2. The van der Waals surface area contributed by atoms with Crippen molar-refractivity contribution in [3.63, 3.8) is 0 Å². The number of hydrogen-bond acceptors (Lipinski definition) is 3. The van der Waals surface area contributed by atoms with Crippen LogP contribution in [0.3, 0.4) is 0 Å². The summed E-state index contributed by atoms with van der Waals surface area (Å²) in [5.41, 5.74) is 0.656. The Labute approximate surface area is 107 Å². The molecule has 0 aromatic heterocycles. The molecule has 0 saturated heterocycles. The smallest absolute Gasteiger partial charge is 0.136 e. The van der Waals surface area contributed by atoms with Crippen LogP contribution in [0.5, 0.6) is 17.2 Å². The van der Waals surface area contributed by atoms with Crippen molar-refractivity contribution in [3.8, 4) is 17.2 Å². The second-order valence-electron chi connectivity index (χ2n) is 3.96. The van der Waals surface area contributed by atoms with Crippen LogP contribution >= 0.6 is 0 Å². The van der Waals surface area contributed by atoms with E-state index in [0.717, 1.165) is 5.75 Å². The third-order valence-electron chi connectivity index (χ3n) is 2.63. The number of aliphatic hydroxyl groups excluding tert-OH is 1. The topological polar surface area (TPSA) is 38.7 Å². The van der Waals surface area contributed by atoms with Crippen molar-refractivity contribution in [2.24, 2.45) is 0 Å². The Morgan fingerprint density at radius 3 is 2.22 bits per heavy atom. The molecular formula is C15H16O3. The Balaban J connectivity index is 2.38. The van der Waals surface area contributed by atoms with Crippen LogP contribution in [0.4, 0.5) is 0 Å². The SMILES string of the molecule is COc1cccc(Oc2ccccc2)c1C(C)O. The fourth-order valence-corrected chi connectivity index (χ4v) is 1.82. The molecule has 1 unspecified atom stereocenters. The van der Waals surface area contributed by atoms with Crippen LogP contribution in [-0.4, -0.2) is 12.2 Å². The molecule has 0 bridgehead atoms. The van der Waals surface area contributed by atoms with E-state index in [1.54, 1.807) is 20.1 Å². The Morgan fingerprint density at radius 2 is 1.61 bits per heavy atom. The Hall–Kier alpha value is -2.00. The van der Waals surface area contributed by atoms with E-state index < -0.39 is 6.10 Å². The van der Waals surface area contributed by atoms with Crippen LogP contribution in [0.15, 0.2) is 48.5 Å². The highest BCUT2D eigenvalue weighted by atomic mass is 16.5. The second-order valence-corrected chi connectivity index (χ2v) is 3.96. The standard InChI is InChI=1S/C15H16O3/c1-11(16)15-13(17-2)9-6-10-14(15)18-12-7-4-3-5-8-12/h3-11,16H,1-2H3. The molecule has 0 aliphatic rings. The van der Waals surface area contributed by atoms with E-state index in [0.29, 0.717) is 17.1 Å². The zero-order valence-electron chi connectivity index (χ0n) is 10.5. The summed E-state index contributed by atoms with van der Waals surface area (Å²) in [4.78, 5) is 0. The minimum absolute atomic E-state index is 0.607. The van der Waals surface area contributed by atoms with Gasteiger partial charge in [-0.15, -0.1) is 0 Å². The van der Waals surface area contributed by atoms with Crippen LogP contribution in [-0.2, 0) is 0 Å². The van der Waals surface area contributed by atoms with Crippen molar-refractivity contribution in [1.29, 1.82) is 0 Å². The quantitative estimate of drug-likeness (QED) is 0.894. The van der Waals surface area contributed by atoms with Crippen molar-refractivity contribution >= 4 is 0 Å². The molecule has 0 heterocycles. The lowest BCUT2D eigenvalue weighted by Gasteiger charge is -2.16. The molecule has 0 amide bonds. The lowest BCUT2D eigenvalue weighted by atomic mass is 10.1. The summed E-state index contributed by atoms with van der Waals surface area (Å²) < 4.78 is 11.0. The zero-order chi connectivity index (χ0) is 13.0. The van der Waals surface area contributed by atoms with Gasteiger partial charge >= 0.3 is 0 Å². The molecule has 0 aliphatic carbocycles. The van der Waals surface area contributed by atoms with Gasteiger partial charge in [0.05, 0.1) is 18.8 Å². The molecule has 0 saturated carbocycles. The first-order valence-corrected chi connectivity index (χ1v) is 5.80. The Kier molecular flexibility index (Phi) is 3.85. The summed E-state index contributed by atoms with van der Waals surface area (Å²) in [6.07, 6.45) is -0.653. The van der Waals surface area contributed by atoms with Gasteiger partial charge in [-0.25, -0.2) is 0 Å². The van der Waals surface area contributed by atoms with Gasteiger partial charge in [-0.1, -0.05) is 24.3 Å². The van der Waals surface area contributed by atoms with Crippen molar-refractivity contribution in [2.75, 3.05) is 7.11 Å². The van der Waals surface area contributed by atoms with E-state index in [4.69, 9.17) is 9.47 Å². The summed E-state index contributed by atoms with van der Waals surface area (Å²) in [5, 5.41) is 9.83. The molecule has 1 atom stereocenters. The number of para-hydroxylation sites is 1. The summed E-state index contributed by atoms with van der Waals surface area (Å²) >= 11 is 0. The van der Waals surface area contributed by atoms with Crippen molar-refractivity contribution in [3.05, 3.63) is 54.1 Å². The van der Waals surface area contributed by atoms with Gasteiger partial charge in [0.2, 0.25) is 0 Å². The summed E-state index contributed by atoms with van der Waals surface area (Å²) in [5.74, 6) is 1.96. The summed E-state index contributed by atoms with van der Waals surface area (Å²) in [7, 11) is 1.58. The highest BCUT2D eigenvalue weighted by Crippen LogP contribution is 2.36. The largest absolute Gasteiger partial charge is 0.496 e. The minimum atomic E-state index is -0.653. The molecule has 0 aliphatic heterocycles. The molecule has 94 valence electrons. The lowest BCUT2D eigenvalue weighted by Crippen LogP contribution is -1.99. The average molecular weight is 244 g/mol. The Bertz CT molecular complexity index is 506. The third kappa shape index (κ3) is 2.63. The van der Waals surface area contributed by atoms with Gasteiger partial charge in [0, 0.05) is 0 Å². The molecule has 0 radical (unpaired) electrons. The maximum Gasteiger partial charge on any atom is 0.136 e. The van der Waals surface area contributed by atoms with E-state index in [1.807, 2.05) is 42.5 Å². The van der Waals surface area contributed by atoms with Crippen molar-refractivity contribution in [1.82, 2.24) is 0 Å². The maximum atomic E-state index is 9.83. The number of ether oxygens (including phenoxy) is 2. The van der Waals surface area contributed by atoms with E-state index in [1.165, 1.54) is 0 Å². The number of hydrogen-bond donors (Lipinski definition) is 1. The number of methoxy groups -OCH3 is 1. The highest BCUT2D eigenvalue weighted by molar-refractivity contribution is 5.47. The molecule has 3 heteroatoms. The molecule has 2 aromatic rings. The monoisotopic (exact) mass is 244 g/mol. The first-order chi connectivity index (χ1) is 8.72. The van der Waals surface area contributed by atoms with Gasteiger partial charge in [-0.3, -0.25) is 0 Å². The number of aliphatic hydroxyl groups is 1. The van der Waals surface area contributed by atoms with Crippen LogP contribution in [0.25, 0.3) is 0 Å². The Morgan fingerprint density at radius 1 is 0.944 bits per heavy atom. The summed E-state index contributed by atoms with van der Waals surface area (Å²) in [6.45, 7) is 1.69. The van der Waals surface area contributed by atoms with Crippen molar-refractivity contribution in [2.45, 2.75) is 13.0 Å². The molecule has 1 N–H and O–H groups in total. The molecule has 18 heavy (non-hydrogen) atoms. The first kappa shape index (κ1) is 12.5. The molecule has 2 rings (SSSR count). The lowest BCUT2D eigenvalue weighted by molar-refractivity contribution is 0.190. The van der Waals surface area contributed by atoms with Crippen LogP contribution in [0, 0.1) is 0 Å². The summed E-state index contributed by atoms with van der Waals surface area (Å²) in [6, 6.07) is 14.9. The van der Waals surface area contributed by atoms with Crippen LogP contribution < -0.4 is 9.47 Å². The molecule has 0 spiro atoms.